The number of anilines is 1. The van der Waals surface area contributed by atoms with Crippen LogP contribution in [0.3, 0.4) is 0 Å². The maximum absolute atomic E-state index is 12.2. The summed E-state index contributed by atoms with van der Waals surface area (Å²) in [6, 6.07) is 6.07. The zero-order chi connectivity index (χ0) is 14.6. The monoisotopic (exact) mass is 284 g/mol. The molecule has 2 fully saturated rings. The molecule has 5 heteroatoms. The van der Waals surface area contributed by atoms with Gasteiger partial charge in [0, 0.05) is 38.9 Å². The summed E-state index contributed by atoms with van der Waals surface area (Å²) in [6.07, 6.45) is 1.58. The van der Waals surface area contributed by atoms with Crippen molar-refractivity contribution in [3.8, 4) is 0 Å². The minimum absolute atomic E-state index is 0.0287. The van der Waals surface area contributed by atoms with Gasteiger partial charge in [-0.1, -0.05) is 0 Å². The molecule has 2 aliphatic heterocycles. The van der Waals surface area contributed by atoms with Gasteiger partial charge in [-0.3, -0.25) is 4.79 Å². The van der Waals surface area contributed by atoms with E-state index in [1.165, 1.54) is 13.1 Å². The van der Waals surface area contributed by atoms with Crippen molar-refractivity contribution in [2.24, 2.45) is 18.9 Å². The van der Waals surface area contributed by atoms with Crippen molar-refractivity contribution in [3.63, 3.8) is 0 Å². The van der Waals surface area contributed by atoms with E-state index in [0.29, 0.717) is 5.39 Å². The van der Waals surface area contributed by atoms with Gasteiger partial charge in [0.1, 0.15) is 0 Å². The molecule has 2 saturated heterocycles. The maximum Gasteiger partial charge on any atom is 0.260 e. The fraction of sp³-hybridized carbons (Fsp3) is 0.500. The molecule has 2 aromatic rings. The third-order valence-electron chi connectivity index (χ3n) is 4.93. The van der Waals surface area contributed by atoms with E-state index in [0.717, 1.165) is 36.1 Å². The molecule has 5 nitrogen and oxygen atoms in total. The summed E-state index contributed by atoms with van der Waals surface area (Å²) in [6.45, 7) is 4.58. The van der Waals surface area contributed by atoms with Crippen LogP contribution in [0.25, 0.3) is 10.9 Å². The topological polar surface area (TPSA) is 41.4 Å². The molecule has 0 aliphatic carbocycles. The molecule has 21 heavy (non-hydrogen) atoms. The van der Waals surface area contributed by atoms with Gasteiger partial charge in [-0.2, -0.15) is 0 Å². The lowest BCUT2D eigenvalue weighted by molar-refractivity contribution is 0.387. The Kier molecular flexibility index (Phi) is 2.79. The summed E-state index contributed by atoms with van der Waals surface area (Å²) in [5, 5.41) is 0.715. The van der Waals surface area contributed by atoms with Crippen LogP contribution in [0.5, 0.6) is 0 Å². The molecule has 1 aromatic heterocycles. The summed E-state index contributed by atoms with van der Waals surface area (Å²) in [7, 11) is 3.95. The van der Waals surface area contributed by atoms with E-state index in [9.17, 15) is 4.79 Å². The molecule has 2 unspecified atom stereocenters. The number of hydrogen-bond donors (Lipinski definition) is 0. The van der Waals surface area contributed by atoms with Crippen molar-refractivity contribution in [1.29, 1.82) is 0 Å². The van der Waals surface area contributed by atoms with Crippen molar-refractivity contribution in [3.05, 3.63) is 34.9 Å². The van der Waals surface area contributed by atoms with Gasteiger partial charge in [0.05, 0.1) is 17.2 Å². The number of likely N-dealkylation sites (tertiary alicyclic amines) is 1. The van der Waals surface area contributed by atoms with Crippen LogP contribution < -0.4 is 10.5 Å². The second-order valence-electron chi connectivity index (χ2n) is 6.51. The van der Waals surface area contributed by atoms with E-state index >= 15 is 0 Å². The predicted molar refractivity (Wildman–Crippen MR) is 83.7 cm³/mol. The van der Waals surface area contributed by atoms with Gasteiger partial charge in [0.25, 0.3) is 5.56 Å². The maximum atomic E-state index is 12.2. The predicted octanol–water partition coefficient (Wildman–Crippen LogP) is 0.931. The van der Waals surface area contributed by atoms with Crippen LogP contribution in [0, 0.1) is 11.8 Å². The van der Waals surface area contributed by atoms with Gasteiger partial charge in [-0.05, 0) is 37.1 Å². The molecule has 0 bridgehead atoms. The van der Waals surface area contributed by atoms with Crippen molar-refractivity contribution in [1.82, 2.24) is 14.5 Å². The number of hydrogen-bond acceptors (Lipinski definition) is 4. The first-order valence-corrected chi connectivity index (χ1v) is 7.51. The van der Waals surface area contributed by atoms with Crippen LogP contribution >= 0.6 is 0 Å². The Morgan fingerprint density at radius 1 is 1.10 bits per heavy atom. The van der Waals surface area contributed by atoms with Gasteiger partial charge in [0.2, 0.25) is 0 Å². The summed E-state index contributed by atoms with van der Waals surface area (Å²) in [5.74, 6) is 1.53. The third kappa shape index (κ3) is 2.03. The quantitative estimate of drug-likeness (QED) is 0.781. The molecule has 4 rings (SSSR count). The van der Waals surface area contributed by atoms with Crippen molar-refractivity contribution < 1.29 is 0 Å². The Bertz CT molecular complexity index is 740. The number of nitrogens with zero attached hydrogens (tertiary/aromatic N) is 4. The first kappa shape index (κ1) is 12.8. The highest BCUT2D eigenvalue weighted by Gasteiger charge is 2.38. The molecule has 3 heterocycles. The molecule has 1 aromatic carbocycles. The Labute approximate surface area is 123 Å². The lowest BCUT2D eigenvalue weighted by atomic mass is 10.0. The van der Waals surface area contributed by atoms with Gasteiger partial charge in [-0.25, -0.2) is 4.98 Å². The molecule has 110 valence electrons. The zero-order valence-electron chi connectivity index (χ0n) is 12.5. The number of fused-ring (bicyclic) bond motifs is 2. The molecule has 2 atom stereocenters. The molecule has 0 saturated carbocycles. The minimum atomic E-state index is 0.0287. The fourth-order valence-corrected chi connectivity index (χ4v) is 3.83. The largest absolute Gasteiger partial charge is 0.371 e. The summed E-state index contributed by atoms with van der Waals surface area (Å²) in [4.78, 5) is 21.4. The van der Waals surface area contributed by atoms with Crippen molar-refractivity contribution >= 4 is 16.6 Å². The third-order valence-corrected chi connectivity index (χ3v) is 4.93. The van der Waals surface area contributed by atoms with Gasteiger partial charge >= 0.3 is 0 Å². The first-order valence-electron chi connectivity index (χ1n) is 7.51. The number of rotatable bonds is 1. The van der Waals surface area contributed by atoms with Crippen LogP contribution in [0.2, 0.25) is 0 Å². The second kappa shape index (κ2) is 4.56. The Hall–Kier alpha value is -1.88. The van der Waals surface area contributed by atoms with Crippen LogP contribution in [0.4, 0.5) is 5.69 Å². The van der Waals surface area contributed by atoms with E-state index in [4.69, 9.17) is 0 Å². The smallest absolute Gasteiger partial charge is 0.260 e. The van der Waals surface area contributed by atoms with E-state index in [2.05, 4.69) is 27.9 Å². The van der Waals surface area contributed by atoms with E-state index in [1.54, 1.807) is 17.9 Å². The van der Waals surface area contributed by atoms with E-state index < -0.39 is 0 Å². The Morgan fingerprint density at radius 3 is 2.52 bits per heavy atom. The standard InChI is InChI=1S/C16H20N4O/c1-18-6-11-8-20(9-12(11)7-18)13-3-4-15-14(5-13)16(21)19(2)10-17-15/h3-5,10-12H,6-9H2,1-2H3. The van der Waals surface area contributed by atoms with Gasteiger partial charge < -0.3 is 14.4 Å². The number of aryl methyl sites for hydroxylation is 1. The molecular weight excluding hydrogens is 264 g/mol. The van der Waals surface area contributed by atoms with Crippen LogP contribution in [0.1, 0.15) is 0 Å². The SMILES string of the molecule is CN1CC2CN(c3ccc4ncn(C)c(=O)c4c3)CC2C1. The van der Waals surface area contributed by atoms with Crippen LogP contribution in [0.15, 0.2) is 29.3 Å². The summed E-state index contributed by atoms with van der Waals surface area (Å²) >= 11 is 0. The number of aromatic nitrogens is 2. The second-order valence-corrected chi connectivity index (χ2v) is 6.51. The molecule has 0 radical (unpaired) electrons. The summed E-state index contributed by atoms with van der Waals surface area (Å²) in [5.41, 5.74) is 1.96. The van der Waals surface area contributed by atoms with Crippen LogP contribution in [-0.2, 0) is 7.05 Å². The lowest BCUT2D eigenvalue weighted by Gasteiger charge is -2.21. The van der Waals surface area contributed by atoms with Gasteiger partial charge in [-0.15, -0.1) is 0 Å². The minimum Gasteiger partial charge on any atom is -0.371 e. The number of benzene rings is 1. The summed E-state index contributed by atoms with van der Waals surface area (Å²) < 4.78 is 1.54. The zero-order valence-corrected chi connectivity index (χ0v) is 12.5. The average molecular weight is 284 g/mol. The Balaban J connectivity index is 1.69. The van der Waals surface area contributed by atoms with Gasteiger partial charge in [0.15, 0.2) is 0 Å². The first-order chi connectivity index (χ1) is 10.1. The van der Waals surface area contributed by atoms with Crippen molar-refractivity contribution in [2.75, 3.05) is 38.1 Å². The molecule has 0 spiro atoms. The van der Waals surface area contributed by atoms with E-state index in [1.807, 2.05) is 12.1 Å². The molecule has 2 aliphatic rings. The highest BCUT2D eigenvalue weighted by Crippen LogP contribution is 2.33. The Morgan fingerprint density at radius 2 is 1.81 bits per heavy atom. The fourth-order valence-electron chi connectivity index (χ4n) is 3.83. The van der Waals surface area contributed by atoms with Crippen molar-refractivity contribution in [2.45, 2.75) is 0 Å². The van der Waals surface area contributed by atoms with E-state index in [-0.39, 0.29) is 5.56 Å². The van der Waals surface area contributed by atoms with Crippen LogP contribution in [-0.4, -0.2) is 47.7 Å². The highest BCUT2D eigenvalue weighted by atomic mass is 16.1. The lowest BCUT2D eigenvalue weighted by Crippen LogP contribution is -2.26. The molecule has 0 amide bonds. The molecule has 0 N–H and O–H groups in total. The molecular formula is C16H20N4O. The normalized spacial score (nSPS) is 25.7. The average Bonchev–Trinajstić information content (AvgIpc) is 3.00. The highest BCUT2D eigenvalue weighted by molar-refractivity contribution is 5.81.